The van der Waals surface area contributed by atoms with Crippen LogP contribution in [0.5, 0.6) is 0 Å². The van der Waals surface area contributed by atoms with Crippen LogP contribution in [0.25, 0.3) is 0 Å². The predicted molar refractivity (Wildman–Crippen MR) is 76.8 cm³/mol. The third kappa shape index (κ3) is 3.11. The molecule has 0 saturated heterocycles. The second kappa shape index (κ2) is 5.80. The summed E-state index contributed by atoms with van der Waals surface area (Å²) in [6.45, 7) is 1.70. The molecule has 1 aromatic heterocycles. The molecule has 0 atom stereocenters. The minimum atomic E-state index is -0.621. The summed E-state index contributed by atoms with van der Waals surface area (Å²) in [6.07, 6.45) is 1.37. The number of carbonyl (C=O) groups is 1. The molecule has 21 heavy (non-hydrogen) atoms. The van der Waals surface area contributed by atoms with Gasteiger partial charge in [0.1, 0.15) is 12.0 Å². The monoisotopic (exact) mass is 310 g/mol. The van der Waals surface area contributed by atoms with E-state index in [1.54, 1.807) is 6.92 Å². The highest BCUT2D eigenvalue weighted by Gasteiger charge is 2.21. The van der Waals surface area contributed by atoms with E-state index in [1.165, 1.54) is 19.4 Å². The normalized spacial score (nSPS) is 10.2. The maximum absolute atomic E-state index is 12.0. The fourth-order valence-corrected chi connectivity index (χ4v) is 2.00. The third-order valence-corrected chi connectivity index (χ3v) is 2.92. The zero-order chi connectivity index (χ0) is 15.6. The van der Waals surface area contributed by atoms with Crippen molar-refractivity contribution in [1.29, 1.82) is 0 Å². The van der Waals surface area contributed by atoms with Gasteiger partial charge < -0.3 is 9.73 Å². The van der Waals surface area contributed by atoms with Crippen molar-refractivity contribution in [3.05, 3.63) is 44.8 Å². The largest absolute Gasteiger partial charge is 0.432 e. The average molecular weight is 311 g/mol. The number of rotatable bonds is 4. The van der Waals surface area contributed by atoms with Gasteiger partial charge in [-0.3, -0.25) is 20.2 Å². The van der Waals surface area contributed by atoms with Crippen LogP contribution >= 0.6 is 11.6 Å². The zero-order valence-electron chi connectivity index (χ0n) is 11.1. The molecule has 1 aromatic carbocycles. The van der Waals surface area contributed by atoms with Crippen LogP contribution in [-0.4, -0.2) is 22.9 Å². The molecule has 0 aliphatic carbocycles. The standard InChI is InChI=1S/C12H11ClN4O4/c1-6-5-21-12(15-6)16-11(18)7-3-8(13)10(14-2)9(4-7)17(19)20/h3-5,14H,1-2H3,(H,15,16,18). The number of nitro benzene ring substituents is 1. The van der Waals surface area contributed by atoms with Crippen LogP contribution in [0.4, 0.5) is 17.4 Å². The van der Waals surface area contributed by atoms with Gasteiger partial charge in [0.05, 0.1) is 15.6 Å². The minimum absolute atomic E-state index is 0.00830. The van der Waals surface area contributed by atoms with Gasteiger partial charge in [0.2, 0.25) is 0 Å². The number of nitro groups is 1. The van der Waals surface area contributed by atoms with Crippen LogP contribution in [0.2, 0.25) is 5.02 Å². The first-order valence-corrected chi connectivity index (χ1v) is 6.19. The number of amides is 1. The van der Waals surface area contributed by atoms with Crippen molar-refractivity contribution in [2.75, 3.05) is 17.7 Å². The first-order valence-electron chi connectivity index (χ1n) is 5.81. The SMILES string of the molecule is CNc1c(Cl)cc(C(=O)Nc2nc(C)co2)cc1[N+](=O)[O-]. The van der Waals surface area contributed by atoms with Gasteiger partial charge in [0, 0.05) is 18.7 Å². The van der Waals surface area contributed by atoms with Crippen molar-refractivity contribution in [1.82, 2.24) is 4.98 Å². The number of benzene rings is 1. The van der Waals surface area contributed by atoms with E-state index in [4.69, 9.17) is 16.0 Å². The highest BCUT2D eigenvalue weighted by Crippen LogP contribution is 2.33. The van der Waals surface area contributed by atoms with Gasteiger partial charge in [-0.05, 0) is 13.0 Å². The molecular weight excluding hydrogens is 300 g/mol. The van der Waals surface area contributed by atoms with E-state index in [1.807, 2.05) is 0 Å². The molecule has 0 bridgehead atoms. The van der Waals surface area contributed by atoms with Gasteiger partial charge in [0.25, 0.3) is 11.6 Å². The number of nitrogens with one attached hydrogen (secondary N) is 2. The second-order valence-corrected chi connectivity index (χ2v) is 4.51. The van der Waals surface area contributed by atoms with Crippen molar-refractivity contribution in [2.45, 2.75) is 6.92 Å². The molecule has 0 aliphatic heterocycles. The van der Waals surface area contributed by atoms with E-state index in [0.717, 1.165) is 6.07 Å². The lowest BCUT2D eigenvalue weighted by atomic mass is 10.1. The summed E-state index contributed by atoms with van der Waals surface area (Å²) in [5.74, 6) is -0.607. The van der Waals surface area contributed by atoms with E-state index in [2.05, 4.69) is 15.6 Å². The molecule has 8 nitrogen and oxygen atoms in total. The number of hydrogen-bond donors (Lipinski definition) is 2. The van der Waals surface area contributed by atoms with E-state index < -0.39 is 10.8 Å². The molecule has 1 amide bonds. The van der Waals surface area contributed by atoms with Gasteiger partial charge in [-0.15, -0.1) is 0 Å². The zero-order valence-corrected chi connectivity index (χ0v) is 11.9. The number of hydrogen-bond acceptors (Lipinski definition) is 6. The first-order chi connectivity index (χ1) is 9.92. The number of aromatic nitrogens is 1. The summed E-state index contributed by atoms with van der Waals surface area (Å²) >= 11 is 5.94. The average Bonchev–Trinajstić information content (AvgIpc) is 2.82. The molecule has 2 N–H and O–H groups in total. The van der Waals surface area contributed by atoms with E-state index in [9.17, 15) is 14.9 Å². The summed E-state index contributed by atoms with van der Waals surface area (Å²) < 4.78 is 4.99. The molecule has 2 rings (SSSR count). The summed E-state index contributed by atoms with van der Waals surface area (Å²) in [4.78, 5) is 26.3. The first kappa shape index (κ1) is 14.8. The van der Waals surface area contributed by atoms with Gasteiger partial charge in [-0.25, -0.2) is 0 Å². The van der Waals surface area contributed by atoms with Crippen molar-refractivity contribution in [2.24, 2.45) is 0 Å². The van der Waals surface area contributed by atoms with Gasteiger partial charge in [-0.1, -0.05) is 11.6 Å². The Kier molecular flexibility index (Phi) is 4.08. The van der Waals surface area contributed by atoms with E-state index >= 15 is 0 Å². The van der Waals surface area contributed by atoms with E-state index in [-0.39, 0.29) is 28.0 Å². The summed E-state index contributed by atoms with van der Waals surface area (Å²) in [7, 11) is 1.50. The number of nitrogens with zero attached hydrogens (tertiary/aromatic N) is 2. The molecular formula is C12H11ClN4O4. The second-order valence-electron chi connectivity index (χ2n) is 4.11. The van der Waals surface area contributed by atoms with Crippen molar-refractivity contribution < 1.29 is 14.1 Å². The van der Waals surface area contributed by atoms with Crippen LogP contribution in [0.1, 0.15) is 16.1 Å². The van der Waals surface area contributed by atoms with Gasteiger partial charge >= 0.3 is 6.01 Å². The van der Waals surface area contributed by atoms with Crippen LogP contribution in [0.15, 0.2) is 22.8 Å². The van der Waals surface area contributed by atoms with Crippen LogP contribution in [0.3, 0.4) is 0 Å². The Balaban J connectivity index is 2.35. The Hall–Kier alpha value is -2.61. The molecule has 0 saturated carbocycles. The molecule has 2 aromatic rings. The van der Waals surface area contributed by atoms with Crippen molar-refractivity contribution in [3.8, 4) is 0 Å². The lowest BCUT2D eigenvalue weighted by Crippen LogP contribution is -2.13. The smallest absolute Gasteiger partial charge is 0.301 e. The molecule has 0 fully saturated rings. The van der Waals surface area contributed by atoms with Crippen molar-refractivity contribution in [3.63, 3.8) is 0 Å². The summed E-state index contributed by atoms with van der Waals surface area (Å²) in [5, 5.41) is 16.1. The van der Waals surface area contributed by atoms with E-state index in [0.29, 0.717) is 5.69 Å². The number of anilines is 2. The Morgan fingerprint density at radius 2 is 2.19 bits per heavy atom. The lowest BCUT2D eigenvalue weighted by molar-refractivity contribution is -0.383. The third-order valence-electron chi connectivity index (χ3n) is 2.62. The van der Waals surface area contributed by atoms with Gasteiger partial charge in [-0.2, -0.15) is 4.98 Å². The maximum Gasteiger partial charge on any atom is 0.301 e. The number of carbonyl (C=O) groups excluding carboxylic acids is 1. The fraction of sp³-hybridized carbons (Fsp3) is 0.167. The Morgan fingerprint density at radius 3 is 2.71 bits per heavy atom. The molecule has 0 unspecified atom stereocenters. The summed E-state index contributed by atoms with van der Waals surface area (Å²) in [5.41, 5.74) is 0.477. The molecule has 0 spiro atoms. The molecule has 110 valence electrons. The predicted octanol–water partition coefficient (Wildman–Crippen LogP) is 2.84. The van der Waals surface area contributed by atoms with Gasteiger partial charge in [0.15, 0.2) is 0 Å². The Morgan fingerprint density at radius 1 is 1.48 bits per heavy atom. The van der Waals surface area contributed by atoms with Crippen molar-refractivity contribution >= 4 is 34.9 Å². The molecule has 0 radical (unpaired) electrons. The number of halogens is 1. The minimum Gasteiger partial charge on any atom is -0.432 e. The maximum atomic E-state index is 12.0. The molecule has 9 heteroatoms. The summed E-state index contributed by atoms with van der Waals surface area (Å²) in [6, 6.07) is 2.46. The highest BCUT2D eigenvalue weighted by molar-refractivity contribution is 6.34. The van der Waals surface area contributed by atoms with Crippen LogP contribution < -0.4 is 10.6 Å². The quantitative estimate of drug-likeness (QED) is 0.663. The number of aryl methyl sites for hydroxylation is 1. The fourth-order valence-electron chi connectivity index (χ4n) is 1.70. The molecule has 0 aliphatic rings. The topological polar surface area (TPSA) is 110 Å². The lowest BCUT2D eigenvalue weighted by Gasteiger charge is -2.07. The number of oxazole rings is 1. The molecule has 1 heterocycles. The highest BCUT2D eigenvalue weighted by atomic mass is 35.5. The Bertz CT molecular complexity index is 713. The van der Waals surface area contributed by atoms with Crippen LogP contribution in [0, 0.1) is 17.0 Å². The van der Waals surface area contributed by atoms with Crippen LogP contribution in [-0.2, 0) is 0 Å². The Labute approximate surface area is 124 Å².